The molecular formula is C26H34N8O2. The normalized spacial score (nSPS) is 20.3. The molecule has 190 valence electrons. The Hall–Kier alpha value is -3.66. The molecule has 1 saturated carbocycles. The van der Waals surface area contributed by atoms with E-state index in [1.54, 1.807) is 6.33 Å². The van der Waals surface area contributed by atoms with Crippen LogP contribution in [0.1, 0.15) is 32.7 Å². The minimum Gasteiger partial charge on any atom is -0.460 e. The Morgan fingerprint density at radius 3 is 2.53 bits per heavy atom. The van der Waals surface area contributed by atoms with Gasteiger partial charge in [-0.05, 0) is 51.2 Å². The van der Waals surface area contributed by atoms with Gasteiger partial charge in [0.25, 0.3) is 0 Å². The molecule has 2 aliphatic rings. The van der Waals surface area contributed by atoms with Crippen molar-refractivity contribution in [2.45, 2.75) is 44.9 Å². The number of rotatable bonds is 8. The summed E-state index contributed by atoms with van der Waals surface area (Å²) in [5, 5.41) is 6.32. The van der Waals surface area contributed by atoms with Gasteiger partial charge >= 0.3 is 6.01 Å². The van der Waals surface area contributed by atoms with Gasteiger partial charge in [-0.25, -0.2) is 4.98 Å². The summed E-state index contributed by atoms with van der Waals surface area (Å²) in [5.74, 6) is 0.444. The van der Waals surface area contributed by atoms with E-state index in [1.807, 2.05) is 4.57 Å². The summed E-state index contributed by atoms with van der Waals surface area (Å²) in [4.78, 5) is 30.2. The van der Waals surface area contributed by atoms with Crippen molar-refractivity contribution in [1.29, 1.82) is 0 Å². The highest BCUT2D eigenvalue weighted by Crippen LogP contribution is 2.30. The van der Waals surface area contributed by atoms with Gasteiger partial charge in [-0.2, -0.15) is 9.97 Å². The number of anilines is 3. The number of ether oxygens (including phenoxy) is 1. The van der Waals surface area contributed by atoms with Crippen LogP contribution in [0.4, 0.5) is 17.2 Å². The van der Waals surface area contributed by atoms with Crippen molar-refractivity contribution >= 4 is 34.3 Å². The molecule has 1 saturated heterocycles. The number of carbonyl (C=O) groups is 1. The molecule has 36 heavy (non-hydrogen) atoms. The Kier molecular flexibility index (Phi) is 6.77. The Balaban J connectivity index is 1.34. The lowest BCUT2D eigenvalue weighted by Gasteiger charge is -2.34. The van der Waals surface area contributed by atoms with Crippen LogP contribution in [0.15, 0.2) is 43.2 Å². The first kappa shape index (κ1) is 24.1. The third kappa shape index (κ3) is 5.13. The molecular weight excluding hydrogens is 456 g/mol. The summed E-state index contributed by atoms with van der Waals surface area (Å²) in [6.45, 7) is 11.9. The van der Waals surface area contributed by atoms with Crippen LogP contribution in [-0.4, -0.2) is 75.7 Å². The lowest BCUT2D eigenvalue weighted by atomic mass is 9.89. The van der Waals surface area contributed by atoms with E-state index in [-0.39, 0.29) is 24.1 Å². The number of carbonyl (C=O) groups excluding carboxylic acids is 1. The monoisotopic (exact) mass is 490 g/mol. The zero-order chi connectivity index (χ0) is 25.2. The Labute approximate surface area is 211 Å². The predicted octanol–water partition coefficient (Wildman–Crippen LogP) is 3.11. The van der Waals surface area contributed by atoms with Gasteiger partial charge < -0.3 is 29.7 Å². The predicted molar refractivity (Wildman–Crippen MR) is 141 cm³/mol. The fourth-order valence-corrected chi connectivity index (χ4v) is 4.56. The first-order chi connectivity index (χ1) is 17.4. The van der Waals surface area contributed by atoms with Crippen molar-refractivity contribution < 1.29 is 9.53 Å². The number of amides is 1. The first-order valence-electron chi connectivity index (χ1n) is 12.5. The molecule has 3 heterocycles. The summed E-state index contributed by atoms with van der Waals surface area (Å²) in [6.07, 6.45) is 4.44. The lowest BCUT2D eigenvalue weighted by molar-refractivity contribution is -0.118. The largest absolute Gasteiger partial charge is 0.460 e. The SMILES string of the molecule is C=CC(=O)N[C@H]1C[C@H](Oc2nc(Nc3ccc(N4CCN(C)CC4)cc3)c3ncn(C(C)C)c3n2)C1. The topological polar surface area (TPSA) is 100 Å². The standard InChI is InChI=1S/C26H34N8O2/c1-5-22(35)28-19-14-21(15-19)36-26-30-24(23-25(31-26)34(16-27-23)17(2)3)29-18-6-8-20(9-7-18)33-12-10-32(4)11-13-33/h5-9,16-17,19,21H,1,10-15H2,2-4H3,(H,28,35)(H,29,30,31)/t19-,21-. The maximum Gasteiger partial charge on any atom is 0.320 e. The van der Waals surface area contributed by atoms with E-state index in [2.05, 4.69) is 87.1 Å². The summed E-state index contributed by atoms with van der Waals surface area (Å²) >= 11 is 0. The van der Waals surface area contributed by atoms with Crippen molar-refractivity contribution in [1.82, 2.24) is 29.7 Å². The molecule has 2 N–H and O–H groups in total. The van der Waals surface area contributed by atoms with E-state index in [1.165, 1.54) is 11.8 Å². The maximum absolute atomic E-state index is 11.5. The number of aromatic nitrogens is 4. The molecule has 2 fully saturated rings. The molecule has 10 heteroatoms. The van der Waals surface area contributed by atoms with Crippen LogP contribution < -0.4 is 20.3 Å². The Morgan fingerprint density at radius 2 is 1.86 bits per heavy atom. The second kappa shape index (κ2) is 10.1. The molecule has 1 aliphatic heterocycles. The van der Waals surface area contributed by atoms with Gasteiger partial charge in [-0.15, -0.1) is 0 Å². The summed E-state index contributed by atoms with van der Waals surface area (Å²) in [6, 6.07) is 9.00. The van der Waals surface area contributed by atoms with Crippen molar-refractivity contribution in [2.24, 2.45) is 0 Å². The molecule has 10 nitrogen and oxygen atoms in total. The molecule has 0 radical (unpaired) electrons. The Morgan fingerprint density at radius 1 is 1.14 bits per heavy atom. The molecule has 2 aromatic heterocycles. The molecule has 0 unspecified atom stereocenters. The second-order valence-electron chi connectivity index (χ2n) is 9.86. The van der Waals surface area contributed by atoms with Crippen LogP contribution in [0.2, 0.25) is 0 Å². The molecule has 1 aliphatic carbocycles. The second-order valence-corrected chi connectivity index (χ2v) is 9.86. The van der Waals surface area contributed by atoms with Gasteiger partial charge in [0, 0.05) is 62.5 Å². The van der Waals surface area contributed by atoms with Gasteiger partial charge in [0.15, 0.2) is 17.0 Å². The number of hydrogen-bond acceptors (Lipinski definition) is 8. The highest BCUT2D eigenvalue weighted by Gasteiger charge is 2.32. The highest BCUT2D eigenvalue weighted by atomic mass is 16.5. The van der Waals surface area contributed by atoms with Crippen molar-refractivity contribution in [2.75, 3.05) is 43.4 Å². The van der Waals surface area contributed by atoms with Gasteiger partial charge in [-0.1, -0.05) is 6.58 Å². The van der Waals surface area contributed by atoms with Crippen molar-refractivity contribution in [3.63, 3.8) is 0 Å². The molecule has 5 rings (SSSR count). The highest BCUT2D eigenvalue weighted by molar-refractivity contribution is 5.87. The van der Waals surface area contributed by atoms with E-state index in [0.717, 1.165) is 37.5 Å². The zero-order valence-corrected chi connectivity index (χ0v) is 21.1. The van der Waals surface area contributed by atoms with Gasteiger partial charge in [0.2, 0.25) is 5.91 Å². The Bertz CT molecular complexity index is 1220. The van der Waals surface area contributed by atoms with E-state index < -0.39 is 0 Å². The van der Waals surface area contributed by atoms with Crippen molar-refractivity contribution in [3.8, 4) is 6.01 Å². The van der Waals surface area contributed by atoms with E-state index in [0.29, 0.717) is 30.2 Å². The number of nitrogens with zero attached hydrogens (tertiary/aromatic N) is 6. The lowest BCUT2D eigenvalue weighted by Crippen LogP contribution is -2.48. The summed E-state index contributed by atoms with van der Waals surface area (Å²) in [7, 11) is 2.16. The number of fused-ring (bicyclic) bond motifs is 1. The van der Waals surface area contributed by atoms with E-state index >= 15 is 0 Å². The summed E-state index contributed by atoms with van der Waals surface area (Å²) in [5.41, 5.74) is 3.57. The first-order valence-corrected chi connectivity index (χ1v) is 12.5. The summed E-state index contributed by atoms with van der Waals surface area (Å²) < 4.78 is 8.12. The number of imidazole rings is 1. The molecule has 0 spiro atoms. The number of benzene rings is 1. The number of piperazine rings is 1. The average molecular weight is 491 g/mol. The molecule has 3 aromatic rings. The maximum atomic E-state index is 11.5. The molecule has 0 atom stereocenters. The quantitative estimate of drug-likeness (QED) is 0.465. The smallest absolute Gasteiger partial charge is 0.320 e. The van der Waals surface area contributed by atoms with Crippen LogP contribution in [0, 0.1) is 0 Å². The number of likely N-dealkylation sites (N-methyl/N-ethyl adjacent to an activating group) is 1. The molecule has 1 amide bonds. The third-order valence-corrected chi connectivity index (χ3v) is 6.85. The van der Waals surface area contributed by atoms with E-state index in [9.17, 15) is 4.79 Å². The number of nitrogens with one attached hydrogen (secondary N) is 2. The van der Waals surface area contributed by atoms with Gasteiger partial charge in [0.05, 0.1) is 6.33 Å². The van der Waals surface area contributed by atoms with Crippen LogP contribution in [0.3, 0.4) is 0 Å². The van der Waals surface area contributed by atoms with Crippen LogP contribution in [-0.2, 0) is 4.79 Å². The minimum atomic E-state index is -0.165. The fraction of sp³-hybridized carbons (Fsp3) is 0.462. The van der Waals surface area contributed by atoms with Gasteiger partial charge in [0.1, 0.15) is 6.10 Å². The number of hydrogen-bond donors (Lipinski definition) is 2. The molecule has 1 aromatic carbocycles. The molecule has 0 bridgehead atoms. The fourth-order valence-electron chi connectivity index (χ4n) is 4.56. The van der Waals surface area contributed by atoms with Crippen LogP contribution in [0.25, 0.3) is 11.2 Å². The minimum absolute atomic E-state index is 0.0521. The van der Waals surface area contributed by atoms with Crippen LogP contribution >= 0.6 is 0 Å². The van der Waals surface area contributed by atoms with Gasteiger partial charge in [-0.3, -0.25) is 4.79 Å². The average Bonchev–Trinajstić information content (AvgIpc) is 3.28. The van der Waals surface area contributed by atoms with Crippen molar-refractivity contribution in [3.05, 3.63) is 43.2 Å². The third-order valence-electron chi connectivity index (χ3n) is 6.85. The zero-order valence-electron chi connectivity index (χ0n) is 21.1. The van der Waals surface area contributed by atoms with Crippen LogP contribution in [0.5, 0.6) is 6.01 Å². The van der Waals surface area contributed by atoms with E-state index in [4.69, 9.17) is 4.74 Å².